The molecular weight excluding hydrogens is 274 g/mol. The van der Waals surface area contributed by atoms with Crippen LogP contribution in [0.5, 0.6) is 5.88 Å². The van der Waals surface area contributed by atoms with Gasteiger partial charge in [0, 0.05) is 6.07 Å². The molecule has 2 aromatic heterocycles. The maximum atomic E-state index is 12.1. The molecular formula is C10H13N3O5S. The molecule has 0 saturated heterocycles. The Bertz CT molecular complexity index is 654. The van der Waals surface area contributed by atoms with E-state index in [4.69, 9.17) is 13.8 Å². The topological polar surface area (TPSA) is 107 Å². The predicted octanol–water partition coefficient (Wildman–Crippen LogP) is 0.767. The molecule has 104 valence electrons. The molecule has 0 aromatic carbocycles. The molecule has 0 amide bonds. The average Bonchev–Trinajstić information content (AvgIpc) is 2.94. The third-order valence-corrected chi connectivity index (χ3v) is 4.06. The van der Waals surface area contributed by atoms with Crippen molar-refractivity contribution in [1.29, 1.82) is 0 Å². The number of nitrogens with one attached hydrogen (secondary N) is 1. The van der Waals surface area contributed by atoms with Crippen LogP contribution < -0.4 is 9.46 Å². The normalized spacial score (nSPS) is 11.7. The fourth-order valence-electron chi connectivity index (χ4n) is 1.57. The summed E-state index contributed by atoms with van der Waals surface area (Å²) in [6.45, 7) is 3.05. The Labute approximate surface area is 109 Å². The number of aryl methyl sites for hydroxylation is 2. The Hall–Kier alpha value is -1.87. The minimum atomic E-state index is -3.71. The van der Waals surface area contributed by atoms with Crippen molar-refractivity contribution in [2.24, 2.45) is 0 Å². The number of hydrogen-bond acceptors (Lipinski definition) is 7. The molecule has 0 aliphatic heterocycles. The number of methoxy groups -OCH3 is 1. The lowest BCUT2D eigenvalue weighted by molar-refractivity contribution is 0.325. The summed E-state index contributed by atoms with van der Waals surface area (Å²) < 4.78 is 41.1. The maximum Gasteiger partial charge on any atom is 0.254 e. The predicted molar refractivity (Wildman–Crippen MR) is 63.1 cm³/mol. The molecule has 2 rings (SSSR count). The van der Waals surface area contributed by atoms with Crippen LogP contribution in [0.2, 0.25) is 0 Å². The highest BCUT2D eigenvalue weighted by atomic mass is 32.2. The summed E-state index contributed by atoms with van der Waals surface area (Å²) in [5.74, 6) is 0.860. The van der Waals surface area contributed by atoms with Gasteiger partial charge in [-0.25, -0.2) is 13.1 Å². The van der Waals surface area contributed by atoms with Crippen LogP contribution in [0.1, 0.15) is 17.2 Å². The van der Waals surface area contributed by atoms with Crippen LogP contribution in [0.15, 0.2) is 20.0 Å². The third-order valence-electron chi connectivity index (χ3n) is 2.42. The molecule has 8 nitrogen and oxygen atoms in total. The van der Waals surface area contributed by atoms with Gasteiger partial charge < -0.3 is 13.8 Å². The molecule has 19 heavy (non-hydrogen) atoms. The molecule has 0 aliphatic carbocycles. The minimum Gasteiger partial charge on any atom is -0.479 e. The largest absolute Gasteiger partial charge is 0.479 e. The summed E-state index contributed by atoms with van der Waals surface area (Å²) >= 11 is 0. The number of sulfonamides is 1. The highest BCUT2D eigenvalue weighted by Gasteiger charge is 2.24. The zero-order valence-electron chi connectivity index (χ0n) is 10.6. The summed E-state index contributed by atoms with van der Waals surface area (Å²) in [6, 6.07) is 1.50. The van der Waals surface area contributed by atoms with E-state index in [0.29, 0.717) is 11.5 Å². The zero-order chi connectivity index (χ0) is 14.0. The Balaban J connectivity index is 2.14. The van der Waals surface area contributed by atoms with Gasteiger partial charge in [-0.2, -0.15) is 0 Å². The lowest BCUT2D eigenvalue weighted by Crippen LogP contribution is -2.24. The molecule has 0 saturated carbocycles. The molecule has 0 spiro atoms. The summed E-state index contributed by atoms with van der Waals surface area (Å²) in [7, 11) is -2.27. The van der Waals surface area contributed by atoms with Crippen LogP contribution in [-0.4, -0.2) is 25.8 Å². The van der Waals surface area contributed by atoms with E-state index in [2.05, 4.69) is 15.0 Å². The quantitative estimate of drug-likeness (QED) is 0.865. The lowest BCUT2D eigenvalue weighted by Gasteiger charge is -2.03. The zero-order valence-corrected chi connectivity index (χ0v) is 11.4. The van der Waals surface area contributed by atoms with Crippen molar-refractivity contribution in [2.75, 3.05) is 7.11 Å². The van der Waals surface area contributed by atoms with E-state index >= 15 is 0 Å². The number of hydrogen-bond donors (Lipinski definition) is 1. The van der Waals surface area contributed by atoms with Gasteiger partial charge in [0.15, 0.2) is 11.5 Å². The first-order valence-electron chi connectivity index (χ1n) is 5.36. The van der Waals surface area contributed by atoms with Gasteiger partial charge in [-0.05, 0) is 19.0 Å². The van der Waals surface area contributed by atoms with Crippen molar-refractivity contribution in [3.8, 4) is 5.88 Å². The van der Waals surface area contributed by atoms with E-state index in [1.807, 2.05) is 0 Å². The van der Waals surface area contributed by atoms with E-state index in [1.165, 1.54) is 20.1 Å². The van der Waals surface area contributed by atoms with Crippen molar-refractivity contribution in [1.82, 2.24) is 15.0 Å². The third kappa shape index (κ3) is 2.76. The van der Waals surface area contributed by atoms with E-state index in [-0.39, 0.29) is 23.1 Å². The maximum absolute atomic E-state index is 12.1. The van der Waals surface area contributed by atoms with Gasteiger partial charge in [-0.3, -0.25) is 0 Å². The van der Waals surface area contributed by atoms with E-state index < -0.39 is 10.0 Å². The fourth-order valence-corrected chi connectivity index (χ4v) is 2.89. The average molecular weight is 287 g/mol. The van der Waals surface area contributed by atoms with Gasteiger partial charge in [-0.1, -0.05) is 5.16 Å². The SMILES string of the molecule is COc1cc(CNS(=O)(=O)c2c(C)noc2C)on1. The molecule has 0 fully saturated rings. The van der Waals surface area contributed by atoms with Crippen molar-refractivity contribution in [3.63, 3.8) is 0 Å². The first kappa shape index (κ1) is 13.6. The van der Waals surface area contributed by atoms with Gasteiger partial charge in [0.1, 0.15) is 10.6 Å². The first-order valence-corrected chi connectivity index (χ1v) is 6.84. The van der Waals surface area contributed by atoms with Gasteiger partial charge in [0.2, 0.25) is 10.0 Å². The van der Waals surface area contributed by atoms with E-state index in [0.717, 1.165) is 0 Å². The van der Waals surface area contributed by atoms with Crippen LogP contribution in [0, 0.1) is 13.8 Å². The highest BCUT2D eigenvalue weighted by Crippen LogP contribution is 2.19. The van der Waals surface area contributed by atoms with Crippen LogP contribution in [-0.2, 0) is 16.6 Å². The number of ether oxygens (including phenoxy) is 1. The highest BCUT2D eigenvalue weighted by molar-refractivity contribution is 7.89. The van der Waals surface area contributed by atoms with Crippen molar-refractivity contribution in [2.45, 2.75) is 25.3 Å². The summed E-state index contributed by atoms with van der Waals surface area (Å²) in [5.41, 5.74) is 0.306. The second kappa shape index (κ2) is 5.02. The fraction of sp³-hybridized carbons (Fsp3) is 0.400. The molecule has 1 N–H and O–H groups in total. The summed E-state index contributed by atoms with van der Waals surface area (Å²) in [5, 5.41) is 7.18. The molecule has 2 heterocycles. The van der Waals surface area contributed by atoms with Crippen LogP contribution in [0.3, 0.4) is 0 Å². The first-order chi connectivity index (χ1) is 8.94. The number of nitrogens with zero attached hydrogens (tertiary/aromatic N) is 2. The molecule has 2 aromatic rings. The van der Waals surface area contributed by atoms with Gasteiger partial charge >= 0.3 is 0 Å². The van der Waals surface area contributed by atoms with Gasteiger partial charge in [-0.15, -0.1) is 0 Å². The Kier molecular flexibility index (Phi) is 3.58. The number of aromatic nitrogens is 2. The number of rotatable bonds is 5. The van der Waals surface area contributed by atoms with E-state index in [9.17, 15) is 8.42 Å². The van der Waals surface area contributed by atoms with Gasteiger partial charge in [0.05, 0.1) is 13.7 Å². The Morgan fingerprint density at radius 2 is 2.05 bits per heavy atom. The smallest absolute Gasteiger partial charge is 0.254 e. The molecule has 0 radical (unpaired) electrons. The van der Waals surface area contributed by atoms with Crippen LogP contribution in [0.4, 0.5) is 0 Å². The molecule has 0 bridgehead atoms. The second-order valence-corrected chi connectivity index (χ2v) is 5.52. The molecule has 9 heteroatoms. The second-order valence-electron chi connectivity index (χ2n) is 3.81. The monoisotopic (exact) mass is 287 g/mol. The Morgan fingerprint density at radius 3 is 2.58 bits per heavy atom. The summed E-state index contributed by atoms with van der Waals surface area (Å²) in [6.07, 6.45) is 0. The molecule has 0 atom stereocenters. The van der Waals surface area contributed by atoms with E-state index in [1.54, 1.807) is 6.92 Å². The van der Waals surface area contributed by atoms with Crippen molar-refractivity contribution < 1.29 is 22.2 Å². The minimum absolute atomic E-state index is 0.0389. The van der Waals surface area contributed by atoms with Crippen molar-refractivity contribution >= 4 is 10.0 Å². The summed E-state index contributed by atoms with van der Waals surface area (Å²) in [4.78, 5) is 0.0407. The lowest BCUT2D eigenvalue weighted by atomic mass is 10.4. The van der Waals surface area contributed by atoms with Crippen LogP contribution in [0.25, 0.3) is 0 Å². The standard InChI is InChI=1S/C10H13N3O5S/c1-6-10(7(2)17-12-6)19(14,15)11-5-8-4-9(16-3)13-18-8/h4,11H,5H2,1-3H3. The molecule has 0 aliphatic rings. The van der Waals surface area contributed by atoms with Gasteiger partial charge in [0.25, 0.3) is 5.88 Å². The van der Waals surface area contributed by atoms with Crippen LogP contribution >= 0.6 is 0 Å². The van der Waals surface area contributed by atoms with Crippen molar-refractivity contribution in [3.05, 3.63) is 23.3 Å². The molecule has 0 unspecified atom stereocenters. The Morgan fingerprint density at radius 1 is 1.32 bits per heavy atom.